The van der Waals surface area contributed by atoms with Crippen molar-refractivity contribution in [3.63, 3.8) is 0 Å². The lowest BCUT2D eigenvalue weighted by atomic mass is 9.96. The van der Waals surface area contributed by atoms with Crippen molar-refractivity contribution in [1.29, 1.82) is 10.5 Å². The van der Waals surface area contributed by atoms with E-state index in [9.17, 15) is 10.5 Å². The first-order valence-corrected chi connectivity index (χ1v) is 13.9. The lowest BCUT2D eigenvalue weighted by Crippen LogP contribution is -2.44. The van der Waals surface area contributed by atoms with Crippen LogP contribution in [0.15, 0.2) is 66.9 Å². The van der Waals surface area contributed by atoms with Crippen LogP contribution in [0.4, 0.5) is 11.4 Å². The molecule has 206 valence electrons. The smallest absolute Gasteiger partial charge is 0.143 e. The molecule has 0 bridgehead atoms. The number of benzene rings is 2. The first-order chi connectivity index (χ1) is 19.7. The maximum absolute atomic E-state index is 9.87. The van der Waals surface area contributed by atoms with Crippen LogP contribution in [0.1, 0.15) is 50.8 Å². The summed E-state index contributed by atoms with van der Waals surface area (Å²) in [6.45, 7) is 7.08. The summed E-state index contributed by atoms with van der Waals surface area (Å²) in [4.78, 5) is 8.81. The molecule has 4 N–H and O–H groups in total. The minimum Gasteiger partial charge on any atom is -0.383 e. The summed E-state index contributed by atoms with van der Waals surface area (Å²) in [5, 5.41) is 32.0. The molecule has 2 aromatic heterocycles. The number of nitriles is 2. The molecule has 6 rings (SSSR count). The predicted octanol–water partition coefficient (Wildman–Crippen LogP) is 6.14. The average Bonchev–Trinajstić information content (AvgIpc) is 3.61. The van der Waals surface area contributed by atoms with Crippen LogP contribution < -0.4 is 21.6 Å². The minimum absolute atomic E-state index is 0.00186. The van der Waals surface area contributed by atoms with Crippen molar-refractivity contribution in [3.8, 4) is 12.1 Å². The summed E-state index contributed by atoms with van der Waals surface area (Å²) in [5.74, 6) is 0. The van der Waals surface area contributed by atoms with Gasteiger partial charge < -0.3 is 16.1 Å². The number of pyridine rings is 2. The molecule has 0 spiro atoms. The first kappa shape index (κ1) is 26.6. The van der Waals surface area contributed by atoms with Crippen LogP contribution in [-0.2, 0) is 0 Å². The van der Waals surface area contributed by atoms with Crippen LogP contribution in [0.25, 0.3) is 21.7 Å². The molecule has 41 heavy (non-hydrogen) atoms. The van der Waals surface area contributed by atoms with E-state index in [-0.39, 0.29) is 11.5 Å². The van der Waals surface area contributed by atoms with E-state index in [0.29, 0.717) is 28.3 Å². The van der Waals surface area contributed by atoms with E-state index in [0.717, 1.165) is 45.9 Å². The van der Waals surface area contributed by atoms with Gasteiger partial charge in [0, 0.05) is 47.8 Å². The Hall–Kier alpha value is -4.57. The SMILES string of the molecule is CC(C)(C)CNc1c(C#N)cnc2c(Cl)cc(N[C@H](C3=CN(C4(C#N)CC4)NN3)c3cccc4cnccc34)cc12. The average molecular weight is 564 g/mol. The van der Waals surface area contributed by atoms with Gasteiger partial charge in [-0.25, -0.2) is 0 Å². The highest BCUT2D eigenvalue weighted by molar-refractivity contribution is 6.35. The molecule has 0 unspecified atom stereocenters. The molecule has 10 heteroatoms. The molecule has 1 aliphatic carbocycles. The molecular weight excluding hydrogens is 534 g/mol. The Kier molecular flexibility index (Phi) is 6.57. The third-order valence-electron chi connectivity index (χ3n) is 7.47. The molecule has 1 fully saturated rings. The number of nitrogens with one attached hydrogen (secondary N) is 4. The van der Waals surface area contributed by atoms with E-state index in [1.807, 2.05) is 47.7 Å². The maximum atomic E-state index is 9.87. The fourth-order valence-electron chi connectivity index (χ4n) is 5.09. The first-order valence-electron chi connectivity index (χ1n) is 13.5. The summed E-state index contributed by atoms with van der Waals surface area (Å²) < 4.78 is 0. The number of halogens is 1. The highest BCUT2D eigenvalue weighted by Gasteiger charge is 2.50. The molecule has 1 saturated carbocycles. The number of aromatic nitrogens is 2. The second-order valence-corrected chi connectivity index (χ2v) is 12.2. The second-order valence-electron chi connectivity index (χ2n) is 11.8. The van der Waals surface area contributed by atoms with Gasteiger partial charge in [-0.2, -0.15) is 10.5 Å². The van der Waals surface area contributed by atoms with Crippen LogP contribution in [-0.4, -0.2) is 27.1 Å². The molecular formula is C31H30ClN9. The van der Waals surface area contributed by atoms with E-state index in [1.54, 1.807) is 12.4 Å². The van der Waals surface area contributed by atoms with Gasteiger partial charge in [0.2, 0.25) is 0 Å². The molecule has 2 aliphatic rings. The normalized spacial score (nSPS) is 16.4. The van der Waals surface area contributed by atoms with Crippen molar-refractivity contribution < 1.29 is 0 Å². The summed E-state index contributed by atoms with van der Waals surface area (Å²) in [6.07, 6.45) is 8.77. The number of hydrogen-bond acceptors (Lipinski definition) is 9. The van der Waals surface area contributed by atoms with Crippen LogP contribution in [0.5, 0.6) is 0 Å². The summed E-state index contributed by atoms with van der Waals surface area (Å²) in [7, 11) is 0. The predicted molar refractivity (Wildman–Crippen MR) is 161 cm³/mol. The van der Waals surface area contributed by atoms with Crippen LogP contribution in [0, 0.1) is 28.1 Å². The zero-order valence-electron chi connectivity index (χ0n) is 23.1. The number of nitrogens with zero attached hydrogens (tertiary/aromatic N) is 5. The van der Waals surface area contributed by atoms with E-state index in [1.165, 1.54) is 0 Å². The molecule has 9 nitrogen and oxygen atoms in total. The quantitative estimate of drug-likeness (QED) is 0.210. The molecule has 0 amide bonds. The zero-order valence-corrected chi connectivity index (χ0v) is 23.8. The number of hydrazine groups is 2. The Balaban J connectivity index is 1.46. The fourth-order valence-corrected chi connectivity index (χ4v) is 5.36. The van der Waals surface area contributed by atoms with Gasteiger partial charge in [0.05, 0.1) is 39.6 Å². The van der Waals surface area contributed by atoms with E-state index in [4.69, 9.17) is 11.6 Å². The summed E-state index contributed by atoms with van der Waals surface area (Å²) in [5.41, 5.74) is 10.4. The number of rotatable bonds is 7. The van der Waals surface area contributed by atoms with Crippen LogP contribution >= 0.6 is 11.6 Å². The summed E-state index contributed by atoms with van der Waals surface area (Å²) >= 11 is 6.81. The van der Waals surface area contributed by atoms with Gasteiger partial charge in [-0.05, 0) is 47.4 Å². The standard InChI is InChI=1S/C31H30ClN9/c1-30(2,3)18-37-27-20(13-33)15-36-28-24(27)11-21(12-25(28)32)38-29(23-6-4-5-19-14-35-10-7-22(19)23)26-16-41(40-39-26)31(17-34)8-9-31/h4-7,10-12,14-16,29,38-40H,8-9,18H2,1-3H3,(H,36,37)/t29-/m0/s1. The van der Waals surface area contributed by atoms with Gasteiger partial charge in [0.25, 0.3) is 0 Å². The number of hydrogen-bond donors (Lipinski definition) is 4. The highest BCUT2D eigenvalue weighted by Crippen LogP contribution is 2.43. The Morgan fingerprint density at radius 3 is 2.71 bits per heavy atom. The lowest BCUT2D eigenvalue weighted by Gasteiger charge is -2.24. The maximum Gasteiger partial charge on any atom is 0.143 e. The monoisotopic (exact) mass is 563 g/mol. The van der Waals surface area contributed by atoms with Gasteiger partial charge in [-0.3, -0.25) is 15.0 Å². The largest absolute Gasteiger partial charge is 0.383 e. The molecule has 4 aromatic rings. The van der Waals surface area contributed by atoms with Gasteiger partial charge in [-0.15, -0.1) is 5.53 Å². The number of anilines is 2. The highest BCUT2D eigenvalue weighted by atomic mass is 35.5. The van der Waals surface area contributed by atoms with Gasteiger partial charge >= 0.3 is 0 Å². The van der Waals surface area contributed by atoms with E-state index >= 15 is 0 Å². The fraction of sp³-hybridized carbons (Fsp3) is 0.290. The molecule has 0 saturated heterocycles. The van der Waals surface area contributed by atoms with Gasteiger partial charge in [0.1, 0.15) is 11.6 Å². The van der Waals surface area contributed by atoms with Crippen molar-refractivity contribution in [1.82, 2.24) is 25.9 Å². The number of fused-ring (bicyclic) bond motifs is 2. The second kappa shape index (κ2) is 10.1. The van der Waals surface area contributed by atoms with E-state index in [2.05, 4.69) is 70.5 Å². The Morgan fingerprint density at radius 2 is 1.98 bits per heavy atom. The molecule has 3 heterocycles. The zero-order chi connectivity index (χ0) is 28.8. The van der Waals surface area contributed by atoms with Crippen LogP contribution in [0.2, 0.25) is 5.02 Å². The Bertz CT molecular complexity index is 1770. The molecule has 0 radical (unpaired) electrons. The minimum atomic E-state index is -0.540. The Morgan fingerprint density at radius 1 is 1.15 bits per heavy atom. The van der Waals surface area contributed by atoms with Crippen molar-refractivity contribution >= 4 is 44.7 Å². The molecule has 1 aliphatic heterocycles. The lowest BCUT2D eigenvalue weighted by molar-refractivity contribution is 0.217. The van der Waals surface area contributed by atoms with Crippen molar-refractivity contribution in [2.75, 3.05) is 17.2 Å². The van der Waals surface area contributed by atoms with Crippen molar-refractivity contribution in [2.45, 2.75) is 45.2 Å². The molecule has 1 atom stereocenters. The topological polar surface area (TPSA) is 125 Å². The third-order valence-corrected chi connectivity index (χ3v) is 7.76. The Labute approximate surface area is 243 Å². The van der Waals surface area contributed by atoms with Gasteiger partial charge in [0.15, 0.2) is 0 Å². The third kappa shape index (κ3) is 5.06. The summed E-state index contributed by atoms with van der Waals surface area (Å²) in [6, 6.07) is 16.3. The molecule has 2 aromatic carbocycles. The van der Waals surface area contributed by atoms with Crippen molar-refractivity contribution in [2.24, 2.45) is 5.41 Å². The van der Waals surface area contributed by atoms with E-state index < -0.39 is 5.54 Å². The van der Waals surface area contributed by atoms with Crippen molar-refractivity contribution in [3.05, 3.63) is 83.0 Å². The van der Waals surface area contributed by atoms with Gasteiger partial charge in [-0.1, -0.05) is 50.6 Å². The van der Waals surface area contributed by atoms with Crippen LogP contribution in [0.3, 0.4) is 0 Å².